The first-order valence-corrected chi connectivity index (χ1v) is 6.13. The van der Waals surface area contributed by atoms with E-state index < -0.39 is 5.97 Å². The quantitative estimate of drug-likeness (QED) is 0.615. The third kappa shape index (κ3) is 5.36. The van der Waals surface area contributed by atoms with Crippen molar-refractivity contribution in [3.05, 3.63) is 23.8 Å². The maximum Gasteiger partial charge on any atom is 0.340 e. The lowest BCUT2D eigenvalue weighted by molar-refractivity contribution is 0.0467. The van der Waals surface area contributed by atoms with Gasteiger partial charge < -0.3 is 21.1 Å². The van der Waals surface area contributed by atoms with Crippen molar-refractivity contribution in [3.8, 4) is 0 Å². The number of esters is 1. The Morgan fingerprint density at radius 3 is 2.42 bits per heavy atom. The smallest absolute Gasteiger partial charge is 0.340 e. The summed E-state index contributed by atoms with van der Waals surface area (Å²) in [5, 5.41) is 0. The van der Waals surface area contributed by atoms with Crippen LogP contribution in [0.5, 0.6) is 0 Å². The Kier molecular flexibility index (Phi) is 7.95. The molecule has 0 bridgehead atoms. The lowest BCUT2D eigenvalue weighted by Crippen LogP contribution is -2.28. The molecule has 19 heavy (non-hydrogen) atoms. The number of benzene rings is 1. The van der Waals surface area contributed by atoms with Crippen LogP contribution in [0.3, 0.4) is 0 Å². The lowest BCUT2D eigenvalue weighted by Gasteiger charge is -2.17. The summed E-state index contributed by atoms with van der Waals surface area (Å²) >= 11 is 0. The summed E-state index contributed by atoms with van der Waals surface area (Å²) in [5.74, 6) is -0.403. The molecule has 0 amide bonds. The standard InChI is InChI=1S/C13H21N3O2.ClH/c1-3-16(4-2)7-8-18-13(17)11-6-5-10(14)9-12(11)15;/h5-6,9H,3-4,7-8,14-15H2,1-2H3;1H. The zero-order valence-corrected chi connectivity index (χ0v) is 12.2. The van der Waals surface area contributed by atoms with Crippen molar-refractivity contribution in [1.29, 1.82) is 0 Å². The molecule has 0 radical (unpaired) electrons. The molecule has 0 heterocycles. The molecule has 0 saturated heterocycles. The average Bonchev–Trinajstić information content (AvgIpc) is 2.34. The van der Waals surface area contributed by atoms with Crippen LogP contribution in [0, 0.1) is 0 Å². The number of carbonyl (C=O) groups is 1. The molecular formula is C13H22ClN3O2. The van der Waals surface area contributed by atoms with Crippen molar-refractivity contribution in [2.75, 3.05) is 37.7 Å². The Labute approximate surface area is 120 Å². The van der Waals surface area contributed by atoms with E-state index in [1.165, 1.54) is 0 Å². The highest BCUT2D eigenvalue weighted by molar-refractivity contribution is 5.95. The van der Waals surface area contributed by atoms with Crippen molar-refractivity contribution in [2.45, 2.75) is 13.8 Å². The first-order valence-electron chi connectivity index (χ1n) is 6.13. The molecule has 0 atom stereocenters. The third-order valence-corrected chi connectivity index (χ3v) is 2.83. The van der Waals surface area contributed by atoms with Crippen LogP contribution in [0.1, 0.15) is 24.2 Å². The molecule has 0 spiro atoms. The van der Waals surface area contributed by atoms with Gasteiger partial charge in [0.05, 0.1) is 5.56 Å². The van der Waals surface area contributed by atoms with Gasteiger partial charge in [-0.1, -0.05) is 13.8 Å². The third-order valence-electron chi connectivity index (χ3n) is 2.83. The number of rotatable bonds is 6. The minimum atomic E-state index is -0.403. The van der Waals surface area contributed by atoms with E-state index in [9.17, 15) is 4.79 Å². The molecule has 5 nitrogen and oxygen atoms in total. The molecule has 108 valence electrons. The second kappa shape index (κ2) is 8.61. The van der Waals surface area contributed by atoms with Crippen molar-refractivity contribution in [1.82, 2.24) is 4.90 Å². The molecule has 1 aromatic carbocycles. The Morgan fingerprint density at radius 2 is 1.89 bits per heavy atom. The molecule has 0 fully saturated rings. The van der Waals surface area contributed by atoms with Crippen LogP contribution in [0.25, 0.3) is 0 Å². The normalized spacial score (nSPS) is 10.1. The SMILES string of the molecule is CCN(CC)CCOC(=O)c1ccc(N)cc1N.Cl. The lowest BCUT2D eigenvalue weighted by atomic mass is 10.1. The van der Waals surface area contributed by atoms with E-state index in [-0.39, 0.29) is 12.4 Å². The van der Waals surface area contributed by atoms with E-state index in [1.807, 2.05) is 0 Å². The van der Waals surface area contributed by atoms with Crippen LogP contribution in [0.15, 0.2) is 18.2 Å². The molecule has 0 unspecified atom stereocenters. The van der Waals surface area contributed by atoms with Crippen LogP contribution in [0.4, 0.5) is 11.4 Å². The maximum atomic E-state index is 11.8. The number of halogens is 1. The number of likely N-dealkylation sites (N-methyl/N-ethyl adjacent to an activating group) is 1. The van der Waals surface area contributed by atoms with E-state index >= 15 is 0 Å². The van der Waals surface area contributed by atoms with Crippen LogP contribution in [-0.4, -0.2) is 37.1 Å². The zero-order valence-electron chi connectivity index (χ0n) is 11.4. The summed E-state index contributed by atoms with van der Waals surface area (Å²) < 4.78 is 5.18. The first-order chi connectivity index (χ1) is 8.58. The summed E-state index contributed by atoms with van der Waals surface area (Å²) in [6.45, 7) is 7.13. The van der Waals surface area contributed by atoms with Gasteiger partial charge in [-0.3, -0.25) is 0 Å². The van der Waals surface area contributed by atoms with Gasteiger partial charge in [0, 0.05) is 17.9 Å². The monoisotopic (exact) mass is 287 g/mol. The molecular weight excluding hydrogens is 266 g/mol. The van der Waals surface area contributed by atoms with Gasteiger partial charge in [0.25, 0.3) is 0 Å². The van der Waals surface area contributed by atoms with Crippen LogP contribution in [0.2, 0.25) is 0 Å². The van der Waals surface area contributed by atoms with Gasteiger partial charge in [-0.25, -0.2) is 4.79 Å². The summed E-state index contributed by atoms with van der Waals surface area (Å²) in [4.78, 5) is 14.0. The molecule has 0 aromatic heterocycles. The molecule has 1 aromatic rings. The predicted molar refractivity (Wildman–Crippen MR) is 80.6 cm³/mol. The highest BCUT2D eigenvalue weighted by Crippen LogP contribution is 2.16. The minimum Gasteiger partial charge on any atom is -0.461 e. The Hall–Kier alpha value is -1.46. The number of ether oxygens (including phenoxy) is 1. The number of nitrogens with zero attached hydrogens (tertiary/aromatic N) is 1. The van der Waals surface area contributed by atoms with Gasteiger partial charge in [0.2, 0.25) is 0 Å². The summed E-state index contributed by atoms with van der Waals surface area (Å²) in [6.07, 6.45) is 0. The van der Waals surface area contributed by atoms with Crippen molar-refractivity contribution < 1.29 is 9.53 Å². The van der Waals surface area contributed by atoms with E-state index in [1.54, 1.807) is 18.2 Å². The van der Waals surface area contributed by atoms with Gasteiger partial charge in [-0.2, -0.15) is 0 Å². The van der Waals surface area contributed by atoms with Gasteiger partial charge in [0.1, 0.15) is 6.61 Å². The number of hydrogen-bond acceptors (Lipinski definition) is 5. The predicted octanol–water partition coefficient (Wildman–Crippen LogP) is 1.77. The first kappa shape index (κ1) is 17.5. The topological polar surface area (TPSA) is 81.6 Å². The number of hydrogen-bond donors (Lipinski definition) is 2. The molecule has 0 aliphatic rings. The molecule has 6 heteroatoms. The van der Waals surface area contributed by atoms with E-state index in [0.717, 1.165) is 19.6 Å². The molecule has 4 N–H and O–H groups in total. The molecule has 0 aliphatic carbocycles. The summed E-state index contributed by atoms with van der Waals surface area (Å²) in [7, 11) is 0. The number of nitrogen functional groups attached to an aromatic ring is 2. The zero-order chi connectivity index (χ0) is 13.5. The van der Waals surface area contributed by atoms with Crippen molar-refractivity contribution >= 4 is 29.8 Å². The van der Waals surface area contributed by atoms with Crippen LogP contribution in [-0.2, 0) is 4.74 Å². The minimum absolute atomic E-state index is 0. The number of carbonyl (C=O) groups excluding carboxylic acids is 1. The fourth-order valence-electron chi connectivity index (χ4n) is 1.65. The molecule has 0 saturated carbocycles. The van der Waals surface area contributed by atoms with Crippen LogP contribution < -0.4 is 11.5 Å². The van der Waals surface area contributed by atoms with Gasteiger partial charge in [-0.15, -0.1) is 12.4 Å². The summed E-state index contributed by atoms with van der Waals surface area (Å²) in [5.41, 5.74) is 12.5. The van der Waals surface area contributed by atoms with Crippen molar-refractivity contribution in [2.24, 2.45) is 0 Å². The largest absolute Gasteiger partial charge is 0.461 e. The second-order valence-corrected chi connectivity index (χ2v) is 4.01. The number of nitrogens with two attached hydrogens (primary N) is 2. The highest BCUT2D eigenvalue weighted by atomic mass is 35.5. The van der Waals surface area contributed by atoms with Crippen molar-refractivity contribution in [3.63, 3.8) is 0 Å². The van der Waals surface area contributed by atoms with E-state index in [2.05, 4.69) is 18.7 Å². The maximum absolute atomic E-state index is 11.8. The summed E-state index contributed by atoms with van der Waals surface area (Å²) in [6, 6.07) is 4.78. The second-order valence-electron chi connectivity index (χ2n) is 4.01. The highest BCUT2D eigenvalue weighted by Gasteiger charge is 2.11. The fourth-order valence-corrected chi connectivity index (χ4v) is 1.65. The average molecular weight is 288 g/mol. The molecule has 0 aliphatic heterocycles. The Morgan fingerprint density at radius 1 is 1.26 bits per heavy atom. The van der Waals surface area contributed by atoms with Gasteiger partial charge in [0.15, 0.2) is 0 Å². The Balaban J connectivity index is 0.00000324. The Bertz CT molecular complexity index is 409. The number of anilines is 2. The fraction of sp³-hybridized carbons (Fsp3) is 0.462. The molecule has 1 rings (SSSR count). The van der Waals surface area contributed by atoms with Gasteiger partial charge in [-0.05, 0) is 31.3 Å². The van der Waals surface area contributed by atoms with Gasteiger partial charge >= 0.3 is 5.97 Å². The van der Waals surface area contributed by atoms with E-state index in [4.69, 9.17) is 16.2 Å². The van der Waals surface area contributed by atoms with E-state index in [0.29, 0.717) is 23.5 Å². The van der Waals surface area contributed by atoms with Crippen LogP contribution >= 0.6 is 12.4 Å².